The highest BCUT2D eigenvalue weighted by Gasteiger charge is 2.34. The van der Waals surface area contributed by atoms with Crippen LogP contribution in [0.5, 0.6) is 0 Å². The SMILES string of the molecule is N#Cc1c(N2CCOCC2)nc(N2CCNCC2)c2c1C(c1cccc3cccc(Cl)c13)NCC2. The summed E-state index contributed by atoms with van der Waals surface area (Å²) < 4.78 is 5.61. The molecule has 7 nitrogen and oxygen atoms in total. The van der Waals surface area contributed by atoms with Gasteiger partial charge in [-0.25, -0.2) is 4.98 Å². The smallest absolute Gasteiger partial charge is 0.149 e. The molecule has 6 rings (SSSR count). The van der Waals surface area contributed by atoms with Crippen molar-refractivity contribution in [1.82, 2.24) is 15.6 Å². The van der Waals surface area contributed by atoms with E-state index in [4.69, 9.17) is 21.3 Å². The fourth-order valence-corrected chi connectivity index (χ4v) is 6.00. The largest absolute Gasteiger partial charge is 0.378 e. The molecule has 2 saturated heterocycles. The number of hydrogen-bond acceptors (Lipinski definition) is 7. The molecular weight excluding hydrogens is 460 g/mol. The number of halogens is 1. The Hall–Kier alpha value is -2.89. The highest BCUT2D eigenvalue weighted by atomic mass is 35.5. The number of anilines is 2. The summed E-state index contributed by atoms with van der Waals surface area (Å²) in [5, 5.41) is 20.6. The van der Waals surface area contributed by atoms with Crippen molar-refractivity contribution in [3.8, 4) is 6.07 Å². The molecule has 35 heavy (non-hydrogen) atoms. The van der Waals surface area contributed by atoms with Crippen LogP contribution < -0.4 is 20.4 Å². The van der Waals surface area contributed by atoms with Crippen LogP contribution in [-0.2, 0) is 11.2 Å². The maximum absolute atomic E-state index is 10.5. The van der Waals surface area contributed by atoms with E-state index in [9.17, 15) is 5.26 Å². The monoisotopic (exact) mass is 488 g/mol. The number of morpholine rings is 1. The molecule has 0 aliphatic carbocycles. The van der Waals surface area contributed by atoms with Gasteiger partial charge < -0.3 is 25.2 Å². The highest BCUT2D eigenvalue weighted by molar-refractivity contribution is 6.35. The third-order valence-electron chi connectivity index (χ3n) is 7.35. The fraction of sp³-hybridized carbons (Fsp3) is 0.407. The summed E-state index contributed by atoms with van der Waals surface area (Å²) in [4.78, 5) is 9.81. The molecule has 8 heteroatoms. The van der Waals surface area contributed by atoms with Gasteiger partial charge in [-0.3, -0.25) is 0 Å². The number of nitrogens with zero attached hydrogens (tertiary/aromatic N) is 4. The zero-order chi connectivity index (χ0) is 23.8. The van der Waals surface area contributed by atoms with Crippen LogP contribution in [0.3, 0.4) is 0 Å². The molecule has 3 aromatic rings. The fourth-order valence-electron chi connectivity index (χ4n) is 5.71. The van der Waals surface area contributed by atoms with Crippen molar-refractivity contribution in [1.29, 1.82) is 5.26 Å². The van der Waals surface area contributed by atoms with Crippen LogP contribution in [0.1, 0.15) is 28.3 Å². The molecule has 2 N–H and O–H groups in total. The van der Waals surface area contributed by atoms with Crippen LogP contribution >= 0.6 is 11.6 Å². The molecule has 3 aliphatic heterocycles. The zero-order valence-electron chi connectivity index (χ0n) is 19.7. The Bertz CT molecular complexity index is 1290. The van der Waals surface area contributed by atoms with Crippen molar-refractivity contribution >= 4 is 34.0 Å². The summed E-state index contributed by atoms with van der Waals surface area (Å²) in [6, 6.07) is 14.8. The summed E-state index contributed by atoms with van der Waals surface area (Å²) >= 11 is 6.75. The molecule has 0 saturated carbocycles. The number of ether oxygens (including phenoxy) is 1. The summed E-state index contributed by atoms with van der Waals surface area (Å²) in [5.41, 5.74) is 4.02. The Morgan fingerprint density at radius 3 is 2.49 bits per heavy atom. The van der Waals surface area contributed by atoms with Gasteiger partial charge >= 0.3 is 0 Å². The van der Waals surface area contributed by atoms with Gasteiger partial charge in [0.05, 0.1) is 19.3 Å². The van der Waals surface area contributed by atoms with Crippen molar-refractivity contribution in [3.63, 3.8) is 0 Å². The number of aromatic nitrogens is 1. The number of fused-ring (bicyclic) bond motifs is 2. The predicted octanol–water partition coefficient (Wildman–Crippen LogP) is 3.24. The highest BCUT2D eigenvalue weighted by Crippen LogP contribution is 2.42. The maximum Gasteiger partial charge on any atom is 0.149 e. The van der Waals surface area contributed by atoms with Crippen LogP contribution in [0.25, 0.3) is 10.8 Å². The molecule has 2 aromatic carbocycles. The Morgan fingerprint density at radius 2 is 1.71 bits per heavy atom. The molecule has 1 unspecified atom stereocenters. The standard InChI is InChI=1S/C27H29ClN6O/c28-22-6-2-4-18-3-1-5-19(23(18)22)25-24-20(7-8-31-25)26(33-11-9-30-10-12-33)32-27(21(24)17-29)34-13-15-35-16-14-34/h1-6,25,30-31H,7-16H2. The van der Waals surface area contributed by atoms with Gasteiger partial charge in [0.1, 0.15) is 23.3 Å². The van der Waals surface area contributed by atoms with Gasteiger partial charge in [0.25, 0.3) is 0 Å². The van der Waals surface area contributed by atoms with Crippen LogP contribution in [0.2, 0.25) is 5.02 Å². The first-order valence-electron chi connectivity index (χ1n) is 12.4. The van der Waals surface area contributed by atoms with E-state index in [1.54, 1.807) is 0 Å². The van der Waals surface area contributed by atoms with Crippen LogP contribution in [0.15, 0.2) is 36.4 Å². The number of pyridine rings is 1. The number of piperazine rings is 1. The molecule has 1 atom stereocenters. The van der Waals surface area contributed by atoms with E-state index in [1.807, 2.05) is 12.1 Å². The summed E-state index contributed by atoms with van der Waals surface area (Å²) in [7, 11) is 0. The van der Waals surface area contributed by atoms with Gasteiger partial charge in [-0.1, -0.05) is 41.9 Å². The number of benzene rings is 2. The second-order valence-corrected chi connectivity index (χ2v) is 9.70. The number of hydrogen-bond donors (Lipinski definition) is 2. The van der Waals surface area contributed by atoms with Gasteiger partial charge in [-0.05, 0) is 23.4 Å². The van der Waals surface area contributed by atoms with Crippen molar-refractivity contribution in [2.24, 2.45) is 0 Å². The topological polar surface area (TPSA) is 76.5 Å². The third-order valence-corrected chi connectivity index (χ3v) is 7.66. The zero-order valence-corrected chi connectivity index (χ0v) is 20.4. The molecule has 1 aromatic heterocycles. The Kier molecular flexibility index (Phi) is 6.21. The molecule has 0 spiro atoms. The Balaban J connectivity index is 1.60. The summed E-state index contributed by atoms with van der Waals surface area (Å²) in [6.45, 7) is 7.27. The number of nitriles is 1. The Labute approximate surface area is 210 Å². The van der Waals surface area contributed by atoms with Gasteiger partial charge in [-0.2, -0.15) is 5.26 Å². The summed E-state index contributed by atoms with van der Waals surface area (Å²) in [6.07, 6.45) is 0.842. The van der Waals surface area contributed by atoms with Crippen molar-refractivity contribution in [3.05, 3.63) is 63.7 Å². The minimum atomic E-state index is -0.138. The van der Waals surface area contributed by atoms with Crippen LogP contribution in [0.4, 0.5) is 11.6 Å². The average molecular weight is 489 g/mol. The van der Waals surface area contributed by atoms with Gasteiger partial charge in [0, 0.05) is 67.3 Å². The lowest BCUT2D eigenvalue weighted by molar-refractivity contribution is 0.122. The van der Waals surface area contributed by atoms with Crippen LogP contribution in [-0.4, -0.2) is 64.0 Å². The minimum absolute atomic E-state index is 0.138. The third kappa shape index (κ3) is 4.01. The maximum atomic E-state index is 10.5. The van der Waals surface area contributed by atoms with E-state index in [2.05, 4.69) is 50.8 Å². The van der Waals surface area contributed by atoms with E-state index in [0.29, 0.717) is 18.8 Å². The second-order valence-electron chi connectivity index (χ2n) is 9.30. The van der Waals surface area contributed by atoms with E-state index in [1.165, 1.54) is 5.56 Å². The Morgan fingerprint density at radius 1 is 0.971 bits per heavy atom. The van der Waals surface area contributed by atoms with Crippen molar-refractivity contribution in [2.45, 2.75) is 12.5 Å². The first-order chi connectivity index (χ1) is 17.3. The second kappa shape index (κ2) is 9.63. The quantitative estimate of drug-likeness (QED) is 0.586. The molecule has 0 radical (unpaired) electrons. The lowest BCUT2D eigenvalue weighted by Gasteiger charge is -2.38. The van der Waals surface area contributed by atoms with Crippen molar-refractivity contribution < 1.29 is 4.74 Å². The average Bonchev–Trinajstić information content (AvgIpc) is 2.92. The van der Waals surface area contributed by atoms with Gasteiger partial charge in [-0.15, -0.1) is 0 Å². The normalized spacial score (nSPS) is 20.5. The lowest BCUT2D eigenvalue weighted by atomic mass is 9.84. The molecule has 0 bridgehead atoms. The molecule has 2 fully saturated rings. The minimum Gasteiger partial charge on any atom is -0.378 e. The molecule has 3 aliphatic rings. The predicted molar refractivity (Wildman–Crippen MR) is 140 cm³/mol. The lowest BCUT2D eigenvalue weighted by Crippen LogP contribution is -2.46. The molecule has 0 amide bonds. The van der Waals surface area contributed by atoms with E-state index in [0.717, 1.165) is 90.8 Å². The van der Waals surface area contributed by atoms with E-state index >= 15 is 0 Å². The number of nitrogens with one attached hydrogen (secondary N) is 2. The first-order valence-corrected chi connectivity index (χ1v) is 12.8. The van der Waals surface area contributed by atoms with Gasteiger partial charge in [0.15, 0.2) is 0 Å². The van der Waals surface area contributed by atoms with Gasteiger partial charge in [0.2, 0.25) is 0 Å². The van der Waals surface area contributed by atoms with E-state index in [-0.39, 0.29) is 6.04 Å². The van der Waals surface area contributed by atoms with E-state index < -0.39 is 0 Å². The molecular formula is C27H29ClN6O. The van der Waals surface area contributed by atoms with Crippen molar-refractivity contribution in [2.75, 3.05) is 68.8 Å². The molecule has 4 heterocycles. The first kappa shape index (κ1) is 22.6. The summed E-state index contributed by atoms with van der Waals surface area (Å²) in [5.74, 6) is 1.81. The number of rotatable bonds is 3. The molecule has 180 valence electrons. The van der Waals surface area contributed by atoms with Crippen LogP contribution in [0, 0.1) is 11.3 Å².